The van der Waals surface area contributed by atoms with Gasteiger partial charge in [0.1, 0.15) is 17.7 Å². The van der Waals surface area contributed by atoms with Crippen LogP contribution >= 0.6 is 0 Å². The number of amides is 5. The smallest absolute Gasteiger partial charge is 0.262 e. The summed E-state index contributed by atoms with van der Waals surface area (Å²) in [6.07, 6.45) is 1.32. The standard InChI is InChI=1S/C26H24F2N4O5/c27-16-3-1-2-15(10-16)23(34)29-13-14-6-8-31(9-7-14)21-12-18-17(11-19(21)28)25(36)32(26(18)37)20-4-5-22(33)30-24(20)35/h1-3,10-12,14,20H,4-9,13H2,(H,29,34)(H,30,33,35). The number of benzene rings is 2. The molecule has 2 N–H and O–H groups in total. The molecule has 0 spiro atoms. The zero-order valence-corrected chi connectivity index (χ0v) is 19.8. The fourth-order valence-corrected chi connectivity index (χ4v) is 5.07. The van der Waals surface area contributed by atoms with Crippen LogP contribution in [0.1, 0.15) is 56.8 Å². The summed E-state index contributed by atoms with van der Waals surface area (Å²) in [4.78, 5) is 64.5. The Labute approximate surface area is 210 Å². The molecule has 2 aromatic rings. The number of carbonyl (C=O) groups excluding carboxylic acids is 5. The molecule has 1 unspecified atom stereocenters. The van der Waals surface area contributed by atoms with Gasteiger partial charge in [0.25, 0.3) is 17.7 Å². The van der Waals surface area contributed by atoms with Gasteiger partial charge >= 0.3 is 0 Å². The first-order chi connectivity index (χ1) is 17.7. The van der Waals surface area contributed by atoms with Gasteiger partial charge in [0.05, 0.1) is 16.8 Å². The van der Waals surface area contributed by atoms with Crippen molar-refractivity contribution in [2.45, 2.75) is 31.7 Å². The maximum absolute atomic E-state index is 15.1. The molecule has 3 aliphatic rings. The second-order valence-corrected chi connectivity index (χ2v) is 9.45. The number of imide groups is 2. The van der Waals surface area contributed by atoms with Crippen molar-refractivity contribution < 1.29 is 32.8 Å². The van der Waals surface area contributed by atoms with E-state index in [-0.39, 0.29) is 47.0 Å². The molecule has 11 heteroatoms. The van der Waals surface area contributed by atoms with Gasteiger partial charge in [0.15, 0.2) is 0 Å². The predicted molar refractivity (Wildman–Crippen MR) is 127 cm³/mol. The molecule has 0 aliphatic carbocycles. The lowest BCUT2D eigenvalue weighted by atomic mass is 9.95. The van der Waals surface area contributed by atoms with Crippen LogP contribution < -0.4 is 15.5 Å². The lowest BCUT2D eigenvalue weighted by molar-refractivity contribution is -0.136. The van der Waals surface area contributed by atoms with E-state index in [1.54, 1.807) is 4.90 Å². The maximum Gasteiger partial charge on any atom is 0.262 e. The Hall–Kier alpha value is -4.15. The van der Waals surface area contributed by atoms with Gasteiger partial charge in [-0.05, 0) is 55.5 Å². The molecular weight excluding hydrogens is 486 g/mol. The molecule has 2 fully saturated rings. The Kier molecular flexibility index (Phi) is 6.45. The van der Waals surface area contributed by atoms with Crippen LogP contribution in [0.5, 0.6) is 0 Å². The summed E-state index contributed by atoms with van der Waals surface area (Å²) in [6.45, 7) is 1.33. The Bertz CT molecular complexity index is 1320. The first-order valence-corrected chi connectivity index (χ1v) is 12.1. The Morgan fingerprint density at radius 1 is 0.973 bits per heavy atom. The highest BCUT2D eigenvalue weighted by Gasteiger charge is 2.45. The molecule has 1 atom stereocenters. The maximum atomic E-state index is 15.1. The number of hydrogen-bond donors (Lipinski definition) is 2. The summed E-state index contributed by atoms with van der Waals surface area (Å²) in [5, 5.41) is 4.94. The van der Waals surface area contributed by atoms with E-state index in [4.69, 9.17) is 0 Å². The number of anilines is 1. The molecule has 5 amide bonds. The van der Waals surface area contributed by atoms with Crippen LogP contribution in [-0.4, -0.2) is 60.1 Å². The number of piperidine rings is 2. The van der Waals surface area contributed by atoms with E-state index in [2.05, 4.69) is 10.6 Å². The van der Waals surface area contributed by atoms with E-state index in [9.17, 15) is 28.4 Å². The van der Waals surface area contributed by atoms with Gasteiger partial charge in [-0.15, -0.1) is 0 Å². The van der Waals surface area contributed by atoms with Gasteiger partial charge in [-0.1, -0.05) is 6.07 Å². The molecule has 9 nitrogen and oxygen atoms in total. The van der Waals surface area contributed by atoms with Crippen LogP contribution in [0.15, 0.2) is 36.4 Å². The molecular formula is C26H24F2N4O5. The van der Waals surface area contributed by atoms with Crippen molar-refractivity contribution >= 4 is 35.2 Å². The molecule has 37 heavy (non-hydrogen) atoms. The van der Waals surface area contributed by atoms with Crippen molar-refractivity contribution in [3.8, 4) is 0 Å². The number of carbonyl (C=O) groups is 5. The third-order valence-electron chi connectivity index (χ3n) is 7.10. The lowest BCUT2D eigenvalue weighted by Crippen LogP contribution is -2.54. The van der Waals surface area contributed by atoms with Gasteiger partial charge in [-0.3, -0.25) is 34.2 Å². The largest absolute Gasteiger partial charge is 0.369 e. The van der Waals surface area contributed by atoms with Crippen LogP contribution in [0, 0.1) is 17.6 Å². The minimum Gasteiger partial charge on any atom is -0.369 e. The fraction of sp³-hybridized carbons (Fsp3) is 0.346. The summed E-state index contributed by atoms with van der Waals surface area (Å²) in [5.41, 5.74) is 0.344. The zero-order valence-electron chi connectivity index (χ0n) is 19.8. The van der Waals surface area contributed by atoms with Gasteiger partial charge in [-0.2, -0.15) is 0 Å². The third-order valence-corrected chi connectivity index (χ3v) is 7.10. The van der Waals surface area contributed by atoms with Crippen LogP contribution in [-0.2, 0) is 9.59 Å². The van der Waals surface area contributed by atoms with E-state index >= 15 is 4.39 Å². The molecule has 2 aromatic carbocycles. The van der Waals surface area contributed by atoms with Crippen LogP contribution in [0.3, 0.4) is 0 Å². The highest BCUT2D eigenvalue weighted by molar-refractivity contribution is 6.23. The normalized spacial score (nSPS) is 20.2. The quantitative estimate of drug-likeness (QED) is 0.595. The first kappa shape index (κ1) is 24.5. The number of nitrogens with zero attached hydrogens (tertiary/aromatic N) is 2. The molecule has 3 heterocycles. The van der Waals surface area contributed by atoms with Crippen molar-refractivity contribution in [2.75, 3.05) is 24.5 Å². The van der Waals surface area contributed by atoms with Crippen molar-refractivity contribution in [1.82, 2.24) is 15.5 Å². The van der Waals surface area contributed by atoms with Crippen molar-refractivity contribution in [1.29, 1.82) is 0 Å². The summed E-state index contributed by atoms with van der Waals surface area (Å²) >= 11 is 0. The number of fused-ring (bicyclic) bond motifs is 1. The van der Waals surface area contributed by atoms with Gasteiger partial charge in [-0.25, -0.2) is 8.78 Å². The average molecular weight is 510 g/mol. The van der Waals surface area contributed by atoms with E-state index < -0.39 is 41.3 Å². The predicted octanol–water partition coefficient (Wildman–Crippen LogP) is 2.01. The van der Waals surface area contributed by atoms with Crippen molar-refractivity contribution in [3.63, 3.8) is 0 Å². The third kappa shape index (κ3) is 4.68. The van der Waals surface area contributed by atoms with E-state index in [0.29, 0.717) is 32.5 Å². The minimum absolute atomic E-state index is 0.00105. The van der Waals surface area contributed by atoms with Gasteiger partial charge in [0.2, 0.25) is 11.8 Å². The second-order valence-electron chi connectivity index (χ2n) is 9.45. The second kappa shape index (κ2) is 9.72. The van der Waals surface area contributed by atoms with Crippen molar-refractivity contribution in [3.05, 3.63) is 64.7 Å². The summed E-state index contributed by atoms with van der Waals surface area (Å²) in [6, 6.07) is 6.70. The van der Waals surface area contributed by atoms with Crippen LogP contribution in [0.25, 0.3) is 0 Å². The lowest BCUT2D eigenvalue weighted by Gasteiger charge is -2.34. The molecule has 2 saturated heterocycles. The van der Waals surface area contributed by atoms with Crippen LogP contribution in [0.4, 0.5) is 14.5 Å². The molecule has 3 aliphatic heterocycles. The van der Waals surface area contributed by atoms with E-state index in [0.717, 1.165) is 11.0 Å². The first-order valence-electron chi connectivity index (χ1n) is 12.1. The number of halogens is 2. The minimum atomic E-state index is -1.12. The Morgan fingerprint density at radius 3 is 2.35 bits per heavy atom. The molecule has 0 saturated carbocycles. The summed E-state index contributed by atoms with van der Waals surface area (Å²) < 4.78 is 28.4. The zero-order chi connectivity index (χ0) is 26.3. The molecule has 192 valence electrons. The summed E-state index contributed by atoms with van der Waals surface area (Å²) in [5.74, 6) is -4.01. The molecule has 0 radical (unpaired) electrons. The highest BCUT2D eigenvalue weighted by atomic mass is 19.1. The number of rotatable bonds is 5. The Morgan fingerprint density at radius 2 is 1.68 bits per heavy atom. The SMILES string of the molecule is O=C1CCC(N2C(=O)c3cc(F)c(N4CCC(CNC(=O)c5cccc(F)c5)CC4)cc3C2=O)C(=O)N1. The van der Waals surface area contributed by atoms with E-state index in [1.165, 1.54) is 30.3 Å². The molecule has 5 rings (SSSR count). The number of hydrogen-bond acceptors (Lipinski definition) is 6. The summed E-state index contributed by atoms with van der Waals surface area (Å²) in [7, 11) is 0. The highest BCUT2D eigenvalue weighted by Crippen LogP contribution is 2.34. The Balaban J connectivity index is 1.23. The number of nitrogens with one attached hydrogen (secondary N) is 2. The average Bonchev–Trinajstić information content (AvgIpc) is 3.11. The van der Waals surface area contributed by atoms with Crippen LogP contribution in [0.2, 0.25) is 0 Å². The molecule has 0 bridgehead atoms. The topological polar surface area (TPSA) is 116 Å². The van der Waals surface area contributed by atoms with Gasteiger partial charge < -0.3 is 10.2 Å². The monoisotopic (exact) mass is 510 g/mol. The van der Waals surface area contributed by atoms with E-state index in [1.807, 2.05) is 0 Å². The van der Waals surface area contributed by atoms with Crippen molar-refractivity contribution in [2.24, 2.45) is 5.92 Å². The molecule has 0 aromatic heterocycles. The fourth-order valence-electron chi connectivity index (χ4n) is 5.07. The van der Waals surface area contributed by atoms with Gasteiger partial charge in [0, 0.05) is 31.6 Å².